The van der Waals surface area contributed by atoms with Gasteiger partial charge in [-0.05, 0) is 26.0 Å². The van der Waals surface area contributed by atoms with Crippen LogP contribution in [0.5, 0.6) is 0 Å². The lowest BCUT2D eigenvalue weighted by Gasteiger charge is -2.16. The van der Waals surface area contributed by atoms with Gasteiger partial charge in [0.05, 0.1) is 12.9 Å². The molecule has 0 bridgehead atoms. The Bertz CT molecular complexity index is 354. The first kappa shape index (κ1) is 13.1. The average Bonchev–Trinajstić information content (AvgIpc) is 2.63. The highest BCUT2D eigenvalue weighted by atomic mass is 32.2. The van der Waals surface area contributed by atoms with Crippen LogP contribution in [0.1, 0.15) is 30.2 Å². The summed E-state index contributed by atoms with van der Waals surface area (Å²) in [5.41, 5.74) is 5.66. The molecule has 0 saturated carbocycles. The van der Waals surface area contributed by atoms with Gasteiger partial charge in [0.1, 0.15) is 5.76 Å². The number of nitrogens with two attached hydrogens (primary N) is 1. The SMILES string of the molecule is COC(=O)c1ccc(CSCC(C)(C)N)o1. The number of ether oxygens (including phenoxy) is 1. The molecule has 90 valence electrons. The van der Waals surface area contributed by atoms with Gasteiger partial charge in [-0.25, -0.2) is 4.79 Å². The summed E-state index contributed by atoms with van der Waals surface area (Å²) in [4.78, 5) is 11.1. The van der Waals surface area contributed by atoms with E-state index in [1.54, 1.807) is 23.9 Å². The molecule has 0 aliphatic rings. The van der Waals surface area contributed by atoms with E-state index < -0.39 is 5.97 Å². The van der Waals surface area contributed by atoms with Gasteiger partial charge in [-0.15, -0.1) is 0 Å². The van der Waals surface area contributed by atoms with Crippen LogP contribution in [0.4, 0.5) is 0 Å². The number of methoxy groups -OCH3 is 1. The highest BCUT2D eigenvalue weighted by Crippen LogP contribution is 2.18. The molecule has 0 fully saturated rings. The fourth-order valence-corrected chi connectivity index (χ4v) is 2.06. The lowest BCUT2D eigenvalue weighted by molar-refractivity contribution is 0.0563. The highest BCUT2D eigenvalue weighted by molar-refractivity contribution is 7.98. The third-order valence-corrected chi connectivity index (χ3v) is 3.20. The molecule has 0 aliphatic carbocycles. The second-order valence-corrected chi connectivity index (χ2v) is 5.22. The molecule has 5 heteroatoms. The predicted molar refractivity (Wildman–Crippen MR) is 64.5 cm³/mol. The van der Waals surface area contributed by atoms with Crippen molar-refractivity contribution in [2.75, 3.05) is 12.9 Å². The number of rotatable bonds is 5. The van der Waals surface area contributed by atoms with E-state index in [2.05, 4.69) is 4.74 Å². The smallest absolute Gasteiger partial charge is 0.373 e. The minimum absolute atomic E-state index is 0.192. The first-order valence-electron chi connectivity index (χ1n) is 4.96. The first-order valence-corrected chi connectivity index (χ1v) is 6.11. The van der Waals surface area contributed by atoms with Crippen LogP contribution in [0.25, 0.3) is 0 Å². The van der Waals surface area contributed by atoms with Crippen LogP contribution < -0.4 is 5.73 Å². The second-order valence-electron chi connectivity index (χ2n) is 4.24. The van der Waals surface area contributed by atoms with E-state index in [0.29, 0.717) is 5.75 Å². The van der Waals surface area contributed by atoms with Crippen molar-refractivity contribution in [1.29, 1.82) is 0 Å². The summed E-state index contributed by atoms with van der Waals surface area (Å²) in [7, 11) is 1.33. The topological polar surface area (TPSA) is 65.5 Å². The summed E-state index contributed by atoms with van der Waals surface area (Å²) in [6, 6.07) is 3.40. The van der Waals surface area contributed by atoms with Crippen molar-refractivity contribution in [2.24, 2.45) is 5.73 Å². The van der Waals surface area contributed by atoms with Crippen molar-refractivity contribution in [2.45, 2.75) is 25.1 Å². The third kappa shape index (κ3) is 4.28. The zero-order chi connectivity index (χ0) is 12.2. The normalized spacial score (nSPS) is 11.5. The summed E-state index contributed by atoms with van der Waals surface area (Å²) in [5.74, 6) is 2.09. The largest absolute Gasteiger partial charge is 0.463 e. The van der Waals surface area contributed by atoms with E-state index in [1.807, 2.05) is 13.8 Å². The number of hydrogen-bond donors (Lipinski definition) is 1. The summed E-state index contributed by atoms with van der Waals surface area (Å²) >= 11 is 1.68. The van der Waals surface area contributed by atoms with Gasteiger partial charge in [0.2, 0.25) is 5.76 Å². The molecule has 0 atom stereocenters. The van der Waals surface area contributed by atoms with E-state index in [4.69, 9.17) is 10.2 Å². The predicted octanol–water partition coefficient (Wildman–Crippen LogP) is 2.04. The Labute approximate surface area is 99.5 Å². The molecule has 0 aliphatic heterocycles. The Morgan fingerprint density at radius 3 is 2.81 bits per heavy atom. The maximum Gasteiger partial charge on any atom is 0.373 e. The lowest BCUT2D eigenvalue weighted by atomic mass is 10.1. The fourth-order valence-electron chi connectivity index (χ4n) is 1.08. The number of furan rings is 1. The molecule has 4 nitrogen and oxygen atoms in total. The first-order chi connectivity index (χ1) is 7.42. The summed E-state index contributed by atoms with van der Waals surface area (Å²) < 4.78 is 9.86. The molecule has 0 amide bonds. The number of thioether (sulfide) groups is 1. The molecule has 1 rings (SSSR count). The minimum atomic E-state index is -0.449. The van der Waals surface area contributed by atoms with Crippen molar-refractivity contribution in [3.63, 3.8) is 0 Å². The summed E-state index contributed by atoms with van der Waals surface area (Å²) in [6.45, 7) is 3.95. The molecule has 0 unspecified atom stereocenters. The van der Waals surface area contributed by atoms with E-state index in [1.165, 1.54) is 7.11 Å². The van der Waals surface area contributed by atoms with Crippen molar-refractivity contribution >= 4 is 17.7 Å². The minimum Gasteiger partial charge on any atom is -0.463 e. The maximum atomic E-state index is 11.1. The third-order valence-electron chi connectivity index (χ3n) is 1.77. The van der Waals surface area contributed by atoms with E-state index in [9.17, 15) is 4.79 Å². The molecule has 16 heavy (non-hydrogen) atoms. The van der Waals surface area contributed by atoms with Crippen molar-refractivity contribution in [3.05, 3.63) is 23.7 Å². The number of hydrogen-bond acceptors (Lipinski definition) is 5. The van der Waals surface area contributed by atoms with Crippen LogP contribution in [-0.4, -0.2) is 24.4 Å². The molecular formula is C11H17NO3S. The van der Waals surface area contributed by atoms with Crippen LogP contribution in [0, 0.1) is 0 Å². The molecule has 0 radical (unpaired) electrons. The lowest BCUT2D eigenvalue weighted by Crippen LogP contribution is -2.34. The van der Waals surface area contributed by atoms with E-state index in [-0.39, 0.29) is 11.3 Å². The van der Waals surface area contributed by atoms with Crippen LogP contribution in [0.15, 0.2) is 16.5 Å². The average molecular weight is 243 g/mol. The van der Waals surface area contributed by atoms with Crippen molar-refractivity contribution in [1.82, 2.24) is 0 Å². The fraction of sp³-hybridized carbons (Fsp3) is 0.545. The van der Waals surface area contributed by atoms with Crippen LogP contribution >= 0.6 is 11.8 Å². The Kier molecular flexibility index (Phi) is 4.44. The van der Waals surface area contributed by atoms with Crippen LogP contribution in [-0.2, 0) is 10.5 Å². The molecule has 1 aromatic rings. The maximum absolute atomic E-state index is 11.1. The van der Waals surface area contributed by atoms with Gasteiger partial charge in [-0.3, -0.25) is 0 Å². The molecule has 0 spiro atoms. The Hall–Kier alpha value is -0.940. The number of carbonyl (C=O) groups excluding carboxylic acids is 1. The second kappa shape index (κ2) is 5.41. The van der Waals surface area contributed by atoms with E-state index in [0.717, 1.165) is 11.5 Å². The van der Waals surface area contributed by atoms with Gasteiger partial charge < -0.3 is 14.9 Å². The van der Waals surface area contributed by atoms with Gasteiger partial charge >= 0.3 is 5.97 Å². The molecule has 1 aromatic heterocycles. The van der Waals surface area contributed by atoms with Gasteiger partial charge in [0.15, 0.2) is 0 Å². The van der Waals surface area contributed by atoms with Crippen LogP contribution in [0.3, 0.4) is 0 Å². The van der Waals surface area contributed by atoms with E-state index >= 15 is 0 Å². The van der Waals surface area contributed by atoms with Crippen molar-refractivity contribution < 1.29 is 13.9 Å². The Balaban J connectivity index is 2.44. The molecule has 0 saturated heterocycles. The standard InChI is InChI=1S/C11H17NO3S/c1-11(2,12)7-16-6-8-4-5-9(15-8)10(13)14-3/h4-5H,6-7,12H2,1-3H3. The number of carbonyl (C=O) groups is 1. The highest BCUT2D eigenvalue weighted by Gasteiger charge is 2.13. The van der Waals surface area contributed by atoms with Crippen molar-refractivity contribution in [3.8, 4) is 0 Å². The van der Waals surface area contributed by atoms with Gasteiger partial charge in [-0.1, -0.05) is 0 Å². The van der Waals surface area contributed by atoms with Gasteiger partial charge in [0, 0.05) is 11.3 Å². The molecular weight excluding hydrogens is 226 g/mol. The monoisotopic (exact) mass is 243 g/mol. The van der Waals surface area contributed by atoms with Gasteiger partial charge in [-0.2, -0.15) is 11.8 Å². The molecule has 2 N–H and O–H groups in total. The van der Waals surface area contributed by atoms with Gasteiger partial charge in [0.25, 0.3) is 0 Å². The Morgan fingerprint density at radius 2 is 2.25 bits per heavy atom. The Morgan fingerprint density at radius 1 is 1.56 bits per heavy atom. The number of esters is 1. The molecule has 1 heterocycles. The molecule has 0 aromatic carbocycles. The van der Waals surface area contributed by atoms with Crippen LogP contribution in [0.2, 0.25) is 0 Å². The summed E-state index contributed by atoms with van der Waals surface area (Å²) in [5, 5.41) is 0. The summed E-state index contributed by atoms with van der Waals surface area (Å²) in [6.07, 6.45) is 0. The zero-order valence-corrected chi connectivity index (χ0v) is 10.6. The zero-order valence-electron chi connectivity index (χ0n) is 9.78. The quantitative estimate of drug-likeness (QED) is 0.802.